The first-order valence-electron chi connectivity index (χ1n) is 4.13. The number of alkyl halides is 1. The standard InChI is InChI=1S/C10H12FI/c1-2-3-10(12)8-4-6-9(11)7-5-8/h4-7,10H,2-3H2,1H3. The fourth-order valence-corrected chi connectivity index (χ4v) is 2.13. The van der Waals surface area contributed by atoms with Gasteiger partial charge in [0.05, 0.1) is 0 Å². The van der Waals surface area contributed by atoms with Crippen LogP contribution in [-0.2, 0) is 0 Å². The van der Waals surface area contributed by atoms with E-state index < -0.39 is 0 Å². The molecule has 0 aromatic heterocycles. The Hall–Kier alpha value is -0.120. The summed E-state index contributed by atoms with van der Waals surface area (Å²) < 4.78 is 13.1. The Kier molecular flexibility index (Phi) is 3.98. The zero-order valence-electron chi connectivity index (χ0n) is 7.06. The second-order valence-corrected chi connectivity index (χ2v) is 4.31. The monoisotopic (exact) mass is 278 g/mol. The van der Waals surface area contributed by atoms with Crippen molar-refractivity contribution in [1.29, 1.82) is 0 Å². The van der Waals surface area contributed by atoms with Gasteiger partial charge in [0.25, 0.3) is 0 Å². The minimum atomic E-state index is -0.154. The summed E-state index contributed by atoms with van der Waals surface area (Å²) in [7, 11) is 0. The zero-order valence-corrected chi connectivity index (χ0v) is 9.21. The lowest BCUT2D eigenvalue weighted by Gasteiger charge is -2.07. The first-order chi connectivity index (χ1) is 5.74. The first-order valence-corrected chi connectivity index (χ1v) is 5.38. The van der Waals surface area contributed by atoms with Crippen molar-refractivity contribution in [3.8, 4) is 0 Å². The van der Waals surface area contributed by atoms with Gasteiger partial charge in [-0.3, -0.25) is 0 Å². The van der Waals surface area contributed by atoms with E-state index in [1.807, 2.05) is 12.1 Å². The van der Waals surface area contributed by atoms with Gasteiger partial charge in [0, 0.05) is 3.92 Å². The molecule has 0 bridgehead atoms. The summed E-state index contributed by atoms with van der Waals surface area (Å²) in [5.74, 6) is -0.154. The van der Waals surface area contributed by atoms with E-state index in [4.69, 9.17) is 0 Å². The molecule has 1 aromatic rings. The third kappa shape index (κ3) is 2.73. The van der Waals surface area contributed by atoms with E-state index in [-0.39, 0.29) is 5.82 Å². The minimum absolute atomic E-state index is 0.154. The summed E-state index contributed by atoms with van der Waals surface area (Å²) in [6, 6.07) is 6.78. The van der Waals surface area contributed by atoms with Gasteiger partial charge in [-0.1, -0.05) is 48.1 Å². The Labute approximate surface area is 86.3 Å². The molecule has 0 spiro atoms. The van der Waals surface area contributed by atoms with Gasteiger partial charge in [-0.2, -0.15) is 0 Å². The van der Waals surface area contributed by atoms with Gasteiger partial charge in [-0.05, 0) is 24.1 Å². The van der Waals surface area contributed by atoms with Crippen molar-refractivity contribution in [2.75, 3.05) is 0 Å². The topological polar surface area (TPSA) is 0 Å². The quantitative estimate of drug-likeness (QED) is 0.576. The van der Waals surface area contributed by atoms with Crippen LogP contribution in [-0.4, -0.2) is 0 Å². The van der Waals surface area contributed by atoms with Crippen LogP contribution in [0.1, 0.15) is 29.3 Å². The smallest absolute Gasteiger partial charge is 0.123 e. The summed E-state index contributed by atoms with van der Waals surface area (Å²) in [5, 5.41) is 0. The lowest BCUT2D eigenvalue weighted by atomic mass is 10.1. The van der Waals surface area contributed by atoms with Gasteiger partial charge in [0.1, 0.15) is 5.82 Å². The average molecular weight is 278 g/mol. The van der Waals surface area contributed by atoms with Crippen molar-refractivity contribution in [1.82, 2.24) is 0 Å². The SMILES string of the molecule is CCCC(I)c1ccc(F)cc1. The molecule has 0 aliphatic heterocycles. The molecule has 0 saturated carbocycles. The second-order valence-electron chi connectivity index (χ2n) is 2.81. The Morgan fingerprint density at radius 2 is 1.92 bits per heavy atom. The molecule has 0 aliphatic rings. The van der Waals surface area contributed by atoms with Gasteiger partial charge < -0.3 is 0 Å². The van der Waals surface area contributed by atoms with Crippen molar-refractivity contribution >= 4 is 22.6 Å². The molecule has 1 atom stereocenters. The molecule has 0 aliphatic carbocycles. The van der Waals surface area contributed by atoms with Crippen LogP contribution in [0.2, 0.25) is 0 Å². The highest BCUT2D eigenvalue weighted by Crippen LogP contribution is 2.27. The maximum atomic E-state index is 12.5. The molecule has 0 amide bonds. The van der Waals surface area contributed by atoms with Crippen molar-refractivity contribution in [3.05, 3.63) is 35.6 Å². The van der Waals surface area contributed by atoms with Crippen molar-refractivity contribution < 1.29 is 4.39 Å². The van der Waals surface area contributed by atoms with E-state index >= 15 is 0 Å². The minimum Gasteiger partial charge on any atom is -0.207 e. The number of rotatable bonds is 3. The molecule has 12 heavy (non-hydrogen) atoms. The largest absolute Gasteiger partial charge is 0.207 e. The van der Waals surface area contributed by atoms with E-state index in [2.05, 4.69) is 29.5 Å². The third-order valence-corrected chi connectivity index (χ3v) is 3.12. The summed E-state index contributed by atoms with van der Waals surface area (Å²) in [6.45, 7) is 2.16. The van der Waals surface area contributed by atoms with Crippen molar-refractivity contribution in [2.45, 2.75) is 23.7 Å². The lowest BCUT2D eigenvalue weighted by molar-refractivity contribution is 0.626. The van der Waals surface area contributed by atoms with Crippen LogP contribution < -0.4 is 0 Å². The normalized spacial score (nSPS) is 12.9. The van der Waals surface area contributed by atoms with Gasteiger partial charge >= 0.3 is 0 Å². The predicted octanol–water partition coefficient (Wildman–Crippen LogP) is 4.10. The molecule has 0 fully saturated rings. The molecule has 1 unspecified atom stereocenters. The van der Waals surface area contributed by atoms with Gasteiger partial charge in [-0.15, -0.1) is 0 Å². The van der Waals surface area contributed by atoms with Crippen molar-refractivity contribution in [3.63, 3.8) is 0 Å². The van der Waals surface area contributed by atoms with E-state index in [0.29, 0.717) is 3.92 Å². The fourth-order valence-electron chi connectivity index (χ4n) is 1.09. The van der Waals surface area contributed by atoms with Crippen LogP contribution in [0, 0.1) is 5.82 Å². The van der Waals surface area contributed by atoms with Gasteiger partial charge in [-0.25, -0.2) is 4.39 Å². The Morgan fingerprint density at radius 1 is 1.33 bits per heavy atom. The third-order valence-electron chi connectivity index (χ3n) is 1.77. The molecule has 0 saturated heterocycles. The lowest BCUT2D eigenvalue weighted by Crippen LogP contribution is -1.88. The zero-order chi connectivity index (χ0) is 8.97. The van der Waals surface area contributed by atoms with Crippen LogP contribution in [0.25, 0.3) is 0 Å². The van der Waals surface area contributed by atoms with Crippen LogP contribution in [0.4, 0.5) is 4.39 Å². The van der Waals surface area contributed by atoms with Crippen molar-refractivity contribution in [2.24, 2.45) is 0 Å². The average Bonchev–Trinajstić information content (AvgIpc) is 2.06. The summed E-state index contributed by atoms with van der Waals surface area (Å²) in [4.78, 5) is 0. The summed E-state index contributed by atoms with van der Waals surface area (Å²) in [5.41, 5.74) is 1.22. The molecule has 0 radical (unpaired) electrons. The first kappa shape index (κ1) is 9.96. The molecule has 66 valence electrons. The molecule has 0 N–H and O–H groups in total. The van der Waals surface area contributed by atoms with Crippen LogP contribution in [0.5, 0.6) is 0 Å². The number of hydrogen-bond donors (Lipinski definition) is 0. The van der Waals surface area contributed by atoms with Gasteiger partial charge in [0.2, 0.25) is 0 Å². The summed E-state index contributed by atoms with van der Waals surface area (Å²) in [6.07, 6.45) is 2.33. The molecule has 0 heterocycles. The molecule has 2 heteroatoms. The van der Waals surface area contributed by atoms with E-state index in [1.165, 1.54) is 24.1 Å². The predicted molar refractivity (Wildman–Crippen MR) is 58.1 cm³/mol. The van der Waals surface area contributed by atoms with E-state index in [0.717, 1.165) is 6.42 Å². The number of hydrogen-bond acceptors (Lipinski definition) is 0. The Morgan fingerprint density at radius 3 is 2.42 bits per heavy atom. The summed E-state index contributed by atoms with van der Waals surface area (Å²) >= 11 is 2.40. The molecule has 1 aromatic carbocycles. The highest BCUT2D eigenvalue weighted by Gasteiger charge is 2.04. The van der Waals surface area contributed by atoms with Crippen LogP contribution in [0.15, 0.2) is 24.3 Å². The highest BCUT2D eigenvalue weighted by atomic mass is 127. The molecule has 1 rings (SSSR count). The second kappa shape index (κ2) is 4.80. The number of benzene rings is 1. The molecular formula is C10H12FI. The van der Waals surface area contributed by atoms with E-state index in [9.17, 15) is 4.39 Å². The maximum Gasteiger partial charge on any atom is 0.123 e. The van der Waals surface area contributed by atoms with E-state index in [1.54, 1.807) is 0 Å². The highest BCUT2D eigenvalue weighted by molar-refractivity contribution is 14.1. The molecule has 0 nitrogen and oxygen atoms in total. The number of halogens is 2. The Balaban J connectivity index is 2.68. The Bertz CT molecular complexity index is 230. The van der Waals surface area contributed by atoms with Crippen LogP contribution >= 0.6 is 22.6 Å². The van der Waals surface area contributed by atoms with Gasteiger partial charge in [0.15, 0.2) is 0 Å². The fraction of sp³-hybridized carbons (Fsp3) is 0.400. The maximum absolute atomic E-state index is 12.5. The van der Waals surface area contributed by atoms with Crippen LogP contribution in [0.3, 0.4) is 0 Å². The molecular weight excluding hydrogens is 266 g/mol.